The van der Waals surface area contributed by atoms with Crippen molar-refractivity contribution in [3.8, 4) is 0 Å². The Balaban J connectivity index is 1.84. The highest BCUT2D eigenvalue weighted by molar-refractivity contribution is 5.77. The highest BCUT2D eigenvalue weighted by Crippen LogP contribution is 2.30. The molecule has 8 N–H and O–H groups in total. The molecule has 3 aliphatic rings. The Morgan fingerprint density at radius 2 is 1.52 bits per heavy atom. The first-order valence-electron chi connectivity index (χ1n) is 7.79. The molecule has 3 rings (SSSR count). The Bertz CT molecular complexity index is 519. The zero-order valence-electron chi connectivity index (χ0n) is 13.0. The third-order valence-corrected chi connectivity index (χ3v) is 4.75. The predicted molar refractivity (Wildman–Crippen MR) is 76.8 cm³/mol. The van der Waals surface area contributed by atoms with E-state index in [2.05, 4.69) is 4.99 Å². The Morgan fingerprint density at radius 3 is 2.16 bits per heavy atom. The molecule has 0 unspecified atom stereocenters. The van der Waals surface area contributed by atoms with E-state index in [4.69, 9.17) is 9.47 Å². The van der Waals surface area contributed by atoms with E-state index in [1.54, 1.807) is 0 Å². The Kier molecular flexibility index (Phi) is 5.16. The van der Waals surface area contributed by atoms with Gasteiger partial charge in [-0.1, -0.05) is 0 Å². The maximum Gasteiger partial charge on any atom is 0.292 e. The van der Waals surface area contributed by atoms with E-state index < -0.39 is 67.8 Å². The summed E-state index contributed by atoms with van der Waals surface area (Å²) in [5.41, 5.74) is 0. The van der Waals surface area contributed by atoms with Gasteiger partial charge in [0.15, 0.2) is 12.5 Å². The number of aliphatic imine (C=N–C) groups is 1. The van der Waals surface area contributed by atoms with Gasteiger partial charge in [0.25, 0.3) is 6.02 Å². The monoisotopic (exact) mass is 366 g/mol. The summed E-state index contributed by atoms with van der Waals surface area (Å²) in [5, 5.41) is 78.3. The van der Waals surface area contributed by atoms with Gasteiger partial charge in [-0.05, 0) is 0 Å². The molecule has 10 atom stereocenters. The molecule has 0 aromatic heterocycles. The maximum absolute atomic E-state index is 10.1. The lowest BCUT2D eigenvalue weighted by atomic mass is 9.94. The molecule has 0 aromatic carbocycles. The lowest BCUT2D eigenvalue weighted by Gasteiger charge is -2.43. The molecule has 0 aromatic rings. The van der Waals surface area contributed by atoms with Crippen LogP contribution in [0.15, 0.2) is 4.99 Å². The van der Waals surface area contributed by atoms with Crippen LogP contribution in [0.3, 0.4) is 0 Å². The summed E-state index contributed by atoms with van der Waals surface area (Å²) in [6.45, 7) is -0.788. The fourth-order valence-electron chi connectivity index (χ4n) is 3.20. The van der Waals surface area contributed by atoms with E-state index in [0.29, 0.717) is 0 Å². The minimum atomic E-state index is -1.69. The first kappa shape index (κ1) is 18.7. The van der Waals surface area contributed by atoms with E-state index in [-0.39, 0.29) is 12.6 Å². The number of piperidine rings is 1. The second kappa shape index (κ2) is 6.90. The largest absolute Gasteiger partial charge is 0.463 e. The molecular formula is C13H22N2O10. The number of amidine groups is 1. The highest BCUT2D eigenvalue weighted by atomic mass is 16.6. The van der Waals surface area contributed by atoms with E-state index in [9.17, 15) is 40.9 Å². The lowest BCUT2D eigenvalue weighted by molar-refractivity contribution is -0.227. The first-order valence-corrected chi connectivity index (χ1v) is 7.79. The minimum Gasteiger partial charge on any atom is -0.463 e. The van der Waals surface area contributed by atoms with Crippen molar-refractivity contribution in [3.63, 3.8) is 0 Å². The zero-order chi connectivity index (χ0) is 18.5. The summed E-state index contributed by atoms with van der Waals surface area (Å²) in [7, 11) is 0. The van der Waals surface area contributed by atoms with Gasteiger partial charge in [-0.3, -0.25) is 4.90 Å². The molecule has 0 bridgehead atoms. The third-order valence-electron chi connectivity index (χ3n) is 4.75. The summed E-state index contributed by atoms with van der Waals surface area (Å²) in [6, 6.07) is -1.18. The minimum absolute atomic E-state index is 0.155. The quantitative estimate of drug-likeness (QED) is 0.232. The van der Waals surface area contributed by atoms with Crippen molar-refractivity contribution >= 4 is 6.02 Å². The molecule has 3 saturated heterocycles. The molecule has 3 aliphatic heterocycles. The standard InChI is InChI=1S/C13H22N2O10/c16-1-4-6(18)8(20)9(21)11(25-4)14-13-15-3(2-24-13)5(17)7(19)10(22)12(15)23/h3-12,16-23H,1-2H2/b14-13+/t3-,4-,5+,6-,7+,8+,9-,10-,11-,12-/m1/s1. The van der Waals surface area contributed by atoms with Crippen LogP contribution in [0.1, 0.15) is 0 Å². The van der Waals surface area contributed by atoms with Gasteiger partial charge in [0.2, 0.25) is 0 Å². The Morgan fingerprint density at radius 1 is 0.880 bits per heavy atom. The number of hydrogen-bond donors (Lipinski definition) is 8. The molecule has 0 aliphatic carbocycles. The number of ether oxygens (including phenoxy) is 2. The molecule has 12 nitrogen and oxygen atoms in total. The first-order chi connectivity index (χ1) is 11.8. The van der Waals surface area contributed by atoms with E-state index in [0.717, 1.165) is 4.90 Å². The maximum atomic E-state index is 10.1. The van der Waals surface area contributed by atoms with Gasteiger partial charge >= 0.3 is 0 Å². The van der Waals surface area contributed by atoms with Gasteiger partial charge in [0.05, 0.1) is 12.6 Å². The number of nitrogens with zero attached hydrogens (tertiary/aromatic N) is 2. The molecule has 3 fully saturated rings. The molecule has 0 radical (unpaired) electrons. The number of aliphatic hydroxyl groups excluding tert-OH is 8. The summed E-state index contributed by atoms with van der Waals surface area (Å²) in [5.74, 6) is 0. The van der Waals surface area contributed by atoms with Crippen LogP contribution < -0.4 is 0 Å². The second-order valence-electron chi connectivity index (χ2n) is 6.30. The molecule has 12 heteroatoms. The van der Waals surface area contributed by atoms with Crippen molar-refractivity contribution in [1.82, 2.24) is 4.90 Å². The second-order valence-corrected chi connectivity index (χ2v) is 6.30. The van der Waals surface area contributed by atoms with Gasteiger partial charge in [-0.15, -0.1) is 0 Å². The van der Waals surface area contributed by atoms with E-state index in [1.165, 1.54) is 0 Å². The van der Waals surface area contributed by atoms with Gasteiger partial charge < -0.3 is 50.3 Å². The van der Waals surface area contributed by atoms with Crippen LogP contribution in [-0.4, -0.2) is 126 Å². The van der Waals surface area contributed by atoms with Gasteiger partial charge in [-0.25, -0.2) is 4.99 Å². The smallest absolute Gasteiger partial charge is 0.292 e. The van der Waals surface area contributed by atoms with Crippen molar-refractivity contribution < 1.29 is 50.3 Å². The van der Waals surface area contributed by atoms with Crippen molar-refractivity contribution in [2.45, 2.75) is 61.2 Å². The fourth-order valence-corrected chi connectivity index (χ4v) is 3.20. The zero-order valence-corrected chi connectivity index (χ0v) is 13.0. The van der Waals surface area contributed by atoms with Crippen molar-refractivity contribution in [2.24, 2.45) is 4.99 Å². The number of rotatable bonds is 2. The topological polar surface area (TPSA) is 196 Å². The van der Waals surface area contributed by atoms with Crippen LogP contribution in [-0.2, 0) is 9.47 Å². The number of fused-ring (bicyclic) bond motifs is 1. The van der Waals surface area contributed by atoms with Crippen LogP contribution in [0.4, 0.5) is 0 Å². The summed E-state index contributed by atoms with van der Waals surface area (Å²) >= 11 is 0. The summed E-state index contributed by atoms with van der Waals surface area (Å²) < 4.78 is 10.5. The Hall–Kier alpha value is -1.09. The third kappa shape index (κ3) is 2.99. The molecule has 25 heavy (non-hydrogen) atoms. The molecular weight excluding hydrogens is 344 g/mol. The highest BCUT2D eigenvalue weighted by Gasteiger charge is 2.53. The normalized spacial score (nSPS) is 52.2. The fraction of sp³-hybridized carbons (Fsp3) is 0.923. The van der Waals surface area contributed by atoms with Crippen LogP contribution >= 0.6 is 0 Å². The molecule has 3 heterocycles. The lowest BCUT2D eigenvalue weighted by Crippen LogP contribution is -2.66. The molecule has 144 valence electrons. The molecule has 0 amide bonds. The van der Waals surface area contributed by atoms with Crippen molar-refractivity contribution in [2.75, 3.05) is 13.2 Å². The van der Waals surface area contributed by atoms with Crippen LogP contribution in [0.2, 0.25) is 0 Å². The van der Waals surface area contributed by atoms with Crippen molar-refractivity contribution in [1.29, 1.82) is 0 Å². The van der Waals surface area contributed by atoms with E-state index in [1.807, 2.05) is 0 Å². The Labute approximate surface area is 141 Å². The summed E-state index contributed by atoms with van der Waals surface area (Å²) in [6.07, 6.45) is -13.7. The summed E-state index contributed by atoms with van der Waals surface area (Å²) in [4.78, 5) is 4.96. The van der Waals surface area contributed by atoms with Crippen molar-refractivity contribution in [3.05, 3.63) is 0 Å². The molecule has 0 spiro atoms. The molecule has 0 saturated carbocycles. The predicted octanol–water partition coefficient (Wildman–Crippen LogP) is -5.74. The van der Waals surface area contributed by atoms with Gasteiger partial charge in [0.1, 0.15) is 49.3 Å². The van der Waals surface area contributed by atoms with Crippen LogP contribution in [0, 0.1) is 0 Å². The van der Waals surface area contributed by atoms with E-state index >= 15 is 0 Å². The number of hydrogen-bond acceptors (Lipinski definition) is 11. The van der Waals surface area contributed by atoms with Gasteiger partial charge in [0, 0.05) is 0 Å². The van der Waals surface area contributed by atoms with Crippen LogP contribution in [0.25, 0.3) is 0 Å². The van der Waals surface area contributed by atoms with Gasteiger partial charge in [-0.2, -0.15) is 0 Å². The van der Waals surface area contributed by atoms with Crippen LogP contribution in [0.5, 0.6) is 0 Å². The average molecular weight is 366 g/mol. The SMILES string of the molecule is OC[C@H]1O[C@@H](/N=C2/OC[C@@H]3[C@H](O)[C@H](O)[C@@H](O)[C@@H](O)N23)[C@H](O)[C@@H](O)[C@@H]1O. The average Bonchev–Trinajstić information content (AvgIpc) is 3.02. The number of aliphatic hydroxyl groups is 8.